The van der Waals surface area contributed by atoms with E-state index in [0.29, 0.717) is 10.8 Å². The van der Waals surface area contributed by atoms with E-state index >= 15 is 0 Å². The van der Waals surface area contributed by atoms with Crippen molar-refractivity contribution < 1.29 is 5.11 Å². The molecule has 0 amide bonds. The Morgan fingerprint density at radius 2 is 1.62 bits per heavy atom. The highest BCUT2D eigenvalue weighted by Gasteiger charge is 2.62. The summed E-state index contributed by atoms with van der Waals surface area (Å²) in [4.78, 5) is 0. The molecular formula is C31H52O. The van der Waals surface area contributed by atoms with Gasteiger partial charge in [0.15, 0.2) is 0 Å². The summed E-state index contributed by atoms with van der Waals surface area (Å²) < 4.78 is 0. The van der Waals surface area contributed by atoms with Crippen molar-refractivity contribution in [3.63, 3.8) is 0 Å². The second-order valence-corrected chi connectivity index (χ2v) is 14.1. The zero-order valence-electron chi connectivity index (χ0n) is 22.0. The SMILES string of the molecule is CC(C)CCC[C@@H](C)[C@H]1CCC2=C3CCC4C5(CCCC5)C(O)CC[C@]4(C)[C@H]3CC[C@@]21C. The van der Waals surface area contributed by atoms with E-state index in [1.165, 1.54) is 89.9 Å². The summed E-state index contributed by atoms with van der Waals surface area (Å²) in [6, 6.07) is 0. The van der Waals surface area contributed by atoms with Crippen molar-refractivity contribution >= 4 is 0 Å². The molecule has 1 nitrogen and oxygen atoms in total. The van der Waals surface area contributed by atoms with Gasteiger partial charge in [0, 0.05) is 0 Å². The van der Waals surface area contributed by atoms with E-state index in [0.717, 1.165) is 36.0 Å². The summed E-state index contributed by atoms with van der Waals surface area (Å²) in [6.45, 7) is 12.7. The number of fused-ring (bicyclic) bond motifs is 5. The van der Waals surface area contributed by atoms with E-state index in [4.69, 9.17) is 0 Å². The molecular weight excluding hydrogens is 388 g/mol. The van der Waals surface area contributed by atoms with Crippen LogP contribution < -0.4 is 0 Å². The maximum Gasteiger partial charge on any atom is 0.0599 e. The average molecular weight is 441 g/mol. The monoisotopic (exact) mass is 440 g/mol. The first kappa shape index (κ1) is 23.4. The van der Waals surface area contributed by atoms with Gasteiger partial charge in [0.2, 0.25) is 0 Å². The highest BCUT2D eigenvalue weighted by Crippen LogP contribution is 2.70. The maximum absolute atomic E-state index is 11.2. The summed E-state index contributed by atoms with van der Waals surface area (Å²) >= 11 is 0. The molecule has 1 spiro atoms. The van der Waals surface area contributed by atoms with Crippen LogP contribution in [0.4, 0.5) is 0 Å². The molecule has 0 aliphatic heterocycles. The highest BCUT2D eigenvalue weighted by molar-refractivity contribution is 5.35. The predicted molar refractivity (Wildman–Crippen MR) is 135 cm³/mol. The molecule has 1 heteroatoms. The number of aliphatic hydroxyl groups excluding tert-OH is 1. The van der Waals surface area contributed by atoms with Gasteiger partial charge in [0.25, 0.3) is 0 Å². The zero-order chi connectivity index (χ0) is 22.7. The van der Waals surface area contributed by atoms with Gasteiger partial charge in [-0.25, -0.2) is 0 Å². The van der Waals surface area contributed by atoms with Gasteiger partial charge in [-0.15, -0.1) is 0 Å². The van der Waals surface area contributed by atoms with Crippen molar-refractivity contribution in [1.82, 2.24) is 0 Å². The first-order valence-corrected chi connectivity index (χ1v) is 14.6. The Morgan fingerprint density at radius 1 is 0.875 bits per heavy atom. The second kappa shape index (κ2) is 8.42. The second-order valence-electron chi connectivity index (χ2n) is 14.1. The van der Waals surface area contributed by atoms with E-state index in [1.54, 1.807) is 0 Å². The zero-order valence-corrected chi connectivity index (χ0v) is 22.0. The van der Waals surface area contributed by atoms with Crippen LogP contribution in [0.5, 0.6) is 0 Å². The third-order valence-corrected chi connectivity index (χ3v) is 12.2. The van der Waals surface area contributed by atoms with Gasteiger partial charge in [0.05, 0.1) is 6.10 Å². The molecule has 0 radical (unpaired) electrons. The van der Waals surface area contributed by atoms with Gasteiger partial charge < -0.3 is 5.11 Å². The fourth-order valence-electron chi connectivity index (χ4n) is 10.7. The Balaban J connectivity index is 1.40. The summed E-state index contributed by atoms with van der Waals surface area (Å²) in [7, 11) is 0. The maximum atomic E-state index is 11.2. The lowest BCUT2D eigenvalue weighted by Gasteiger charge is -2.62. The molecule has 0 saturated heterocycles. The Morgan fingerprint density at radius 3 is 2.34 bits per heavy atom. The molecule has 0 aromatic rings. The van der Waals surface area contributed by atoms with Gasteiger partial charge in [-0.05, 0) is 110 Å². The Labute approximate surface area is 199 Å². The van der Waals surface area contributed by atoms with Crippen LogP contribution in [-0.4, -0.2) is 11.2 Å². The molecule has 1 N–H and O–H groups in total. The van der Waals surface area contributed by atoms with Crippen LogP contribution in [0.3, 0.4) is 0 Å². The summed E-state index contributed by atoms with van der Waals surface area (Å²) in [6.07, 6.45) is 20.4. The summed E-state index contributed by atoms with van der Waals surface area (Å²) in [5.74, 6) is 4.24. The summed E-state index contributed by atoms with van der Waals surface area (Å²) in [5, 5.41) is 11.2. The molecule has 0 aromatic carbocycles. The fourth-order valence-corrected chi connectivity index (χ4v) is 10.7. The van der Waals surface area contributed by atoms with Crippen molar-refractivity contribution in [2.45, 2.75) is 137 Å². The molecule has 5 rings (SSSR count). The standard InChI is InChI=1S/C31H52O/c1-21(2)9-8-10-22(3)24-12-13-25-23-11-14-27-30(5,26(23)15-19-29(24,25)4)20-16-28(32)31(27)17-6-7-18-31/h21-22,24,26-28,32H,6-20H2,1-5H3/t22-,24-,26+,27?,28?,29-,30-/m1/s1. The average Bonchev–Trinajstić information content (AvgIpc) is 3.36. The normalized spacial score (nSPS) is 44.0. The molecule has 32 heavy (non-hydrogen) atoms. The van der Waals surface area contributed by atoms with Crippen molar-refractivity contribution in [2.24, 2.45) is 45.8 Å². The molecule has 4 fully saturated rings. The molecule has 7 atom stereocenters. The number of rotatable bonds is 5. The Hall–Kier alpha value is -0.300. The van der Waals surface area contributed by atoms with E-state index in [-0.39, 0.29) is 11.5 Å². The molecule has 0 aromatic heterocycles. The van der Waals surface area contributed by atoms with Crippen LogP contribution in [0.2, 0.25) is 0 Å². The van der Waals surface area contributed by atoms with Crippen molar-refractivity contribution in [1.29, 1.82) is 0 Å². The first-order valence-electron chi connectivity index (χ1n) is 14.6. The Kier molecular flexibility index (Phi) is 6.17. The molecule has 0 heterocycles. The van der Waals surface area contributed by atoms with Crippen molar-refractivity contribution in [3.05, 3.63) is 11.1 Å². The molecule has 2 unspecified atom stereocenters. The van der Waals surface area contributed by atoms with Crippen LogP contribution in [0, 0.1) is 45.8 Å². The van der Waals surface area contributed by atoms with Gasteiger partial charge in [-0.1, -0.05) is 77.9 Å². The van der Waals surface area contributed by atoms with Gasteiger partial charge in [-0.2, -0.15) is 0 Å². The van der Waals surface area contributed by atoms with Gasteiger partial charge >= 0.3 is 0 Å². The lowest BCUT2D eigenvalue weighted by Crippen LogP contribution is -2.57. The topological polar surface area (TPSA) is 20.2 Å². The largest absolute Gasteiger partial charge is 0.393 e. The van der Waals surface area contributed by atoms with Crippen LogP contribution in [0.15, 0.2) is 11.1 Å². The fraction of sp³-hybridized carbons (Fsp3) is 0.935. The smallest absolute Gasteiger partial charge is 0.0599 e. The highest BCUT2D eigenvalue weighted by atomic mass is 16.3. The minimum absolute atomic E-state index is 0.0197. The number of aliphatic hydroxyl groups is 1. The minimum Gasteiger partial charge on any atom is -0.393 e. The lowest BCUT2D eigenvalue weighted by atomic mass is 9.43. The van der Waals surface area contributed by atoms with Crippen LogP contribution in [0.1, 0.15) is 131 Å². The lowest BCUT2D eigenvalue weighted by molar-refractivity contribution is -0.143. The molecule has 5 aliphatic rings. The third-order valence-electron chi connectivity index (χ3n) is 12.2. The molecule has 182 valence electrons. The number of allylic oxidation sites excluding steroid dienone is 2. The van der Waals surface area contributed by atoms with E-state index in [9.17, 15) is 5.11 Å². The quantitative estimate of drug-likeness (QED) is 0.424. The van der Waals surface area contributed by atoms with Crippen molar-refractivity contribution in [3.8, 4) is 0 Å². The van der Waals surface area contributed by atoms with Crippen molar-refractivity contribution in [2.75, 3.05) is 0 Å². The van der Waals surface area contributed by atoms with Crippen LogP contribution in [0.25, 0.3) is 0 Å². The minimum atomic E-state index is -0.0197. The van der Waals surface area contributed by atoms with Crippen LogP contribution in [-0.2, 0) is 0 Å². The van der Waals surface area contributed by atoms with E-state index in [1.807, 2.05) is 11.1 Å². The third kappa shape index (κ3) is 3.41. The van der Waals surface area contributed by atoms with Crippen LogP contribution >= 0.6 is 0 Å². The first-order chi connectivity index (χ1) is 15.2. The van der Waals surface area contributed by atoms with Gasteiger partial charge in [-0.3, -0.25) is 0 Å². The molecule has 0 bridgehead atoms. The number of hydrogen-bond donors (Lipinski definition) is 1. The predicted octanol–water partition coefficient (Wildman–Crippen LogP) is 8.70. The molecule has 5 aliphatic carbocycles. The molecule has 4 saturated carbocycles. The Bertz CT molecular complexity index is 727. The van der Waals surface area contributed by atoms with E-state index in [2.05, 4.69) is 34.6 Å². The summed E-state index contributed by atoms with van der Waals surface area (Å²) in [5.41, 5.74) is 5.10. The van der Waals surface area contributed by atoms with E-state index < -0.39 is 0 Å². The van der Waals surface area contributed by atoms with Gasteiger partial charge in [0.1, 0.15) is 0 Å². The number of hydrogen-bond acceptors (Lipinski definition) is 1.